The summed E-state index contributed by atoms with van der Waals surface area (Å²) in [5.74, 6) is -3.42. The minimum absolute atomic E-state index is 0.0202. The van der Waals surface area contributed by atoms with E-state index in [0.717, 1.165) is 15.4 Å². The molecule has 0 fully saturated rings. The number of ether oxygens (including phenoxy) is 1. The number of hydrogen-bond donors (Lipinski definition) is 4. The van der Waals surface area contributed by atoms with Crippen molar-refractivity contribution in [3.63, 3.8) is 0 Å². The molecule has 0 aliphatic carbocycles. The Kier molecular flexibility index (Phi) is 16.6. The van der Waals surface area contributed by atoms with E-state index in [1.165, 1.54) is 25.2 Å². The molecule has 310 valence electrons. The Labute approximate surface area is 342 Å². The van der Waals surface area contributed by atoms with Crippen LogP contribution in [0.3, 0.4) is 0 Å². The summed E-state index contributed by atoms with van der Waals surface area (Å²) in [7, 11) is -2.62. The third-order valence-corrected chi connectivity index (χ3v) is 11.5. The summed E-state index contributed by atoms with van der Waals surface area (Å²) in [5, 5.41) is 20.1. The molecule has 0 spiro atoms. The van der Waals surface area contributed by atoms with Crippen LogP contribution in [0.2, 0.25) is 0 Å². The molecular formula is C45H56N4O8S. The van der Waals surface area contributed by atoms with Crippen LogP contribution < -0.4 is 20.3 Å². The highest BCUT2D eigenvalue weighted by atomic mass is 32.2. The summed E-state index contributed by atoms with van der Waals surface area (Å²) in [4.78, 5) is 54.0. The highest BCUT2D eigenvalue weighted by molar-refractivity contribution is 7.92. The molecule has 0 aliphatic heterocycles. The summed E-state index contributed by atoms with van der Waals surface area (Å²) in [6, 6.07) is 29.5. The van der Waals surface area contributed by atoms with Gasteiger partial charge in [-0.3, -0.25) is 18.7 Å². The zero-order valence-corrected chi connectivity index (χ0v) is 34.9. The van der Waals surface area contributed by atoms with Crippen LogP contribution in [0.4, 0.5) is 5.69 Å². The van der Waals surface area contributed by atoms with Crippen molar-refractivity contribution in [1.82, 2.24) is 16.0 Å². The third-order valence-electron chi connectivity index (χ3n) is 9.71. The van der Waals surface area contributed by atoms with Crippen molar-refractivity contribution in [1.29, 1.82) is 0 Å². The molecule has 0 radical (unpaired) electrons. The van der Waals surface area contributed by atoms with E-state index in [0.29, 0.717) is 18.5 Å². The number of hydrogen-bond acceptors (Lipinski definition) is 8. The largest absolute Gasteiger partial charge is 0.457 e. The van der Waals surface area contributed by atoms with Gasteiger partial charge in [0, 0.05) is 25.1 Å². The molecule has 58 heavy (non-hydrogen) atoms. The van der Waals surface area contributed by atoms with E-state index >= 15 is 0 Å². The van der Waals surface area contributed by atoms with E-state index in [2.05, 4.69) is 16.0 Å². The van der Waals surface area contributed by atoms with Gasteiger partial charge in [0.15, 0.2) is 0 Å². The maximum atomic E-state index is 14.0. The number of nitrogens with one attached hydrogen (secondary N) is 3. The zero-order valence-electron chi connectivity index (χ0n) is 34.1. The van der Waals surface area contributed by atoms with Crippen LogP contribution in [0, 0.1) is 17.8 Å². The molecule has 4 aromatic carbocycles. The number of amides is 3. The lowest BCUT2D eigenvalue weighted by Crippen LogP contribution is -2.51. The number of benzene rings is 4. The van der Waals surface area contributed by atoms with Gasteiger partial charge in [0.1, 0.15) is 12.6 Å². The quantitative estimate of drug-likeness (QED) is 0.0788. The van der Waals surface area contributed by atoms with Crippen LogP contribution in [0.1, 0.15) is 84.9 Å². The second kappa shape index (κ2) is 21.3. The van der Waals surface area contributed by atoms with E-state index < -0.39 is 51.9 Å². The first-order valence-corrected chi connectivity index (χ1v) is 21.1. The fourth-order valence-corrected chi connectivity index (χ4v) is 7.56. The average molecular weight is 813 g/mol. The minimum atomic E-state index is -3.97. The lowest BCUT2D eigenvalue weighted by molar-refractivity contribution is -0.132. The van der Waals surface area contributed by atoms with E-state index in [1.54, 1.807) is 49.4 Å². The Morgan fingerprint density at radius 1 is 0.707 bits per heavy atom. The fourth-order valence-electron chi connectivity index (χ4n) is 6.32. The first kappa shape index (κ1) is 45.2. The summed E-state index contributed by atoms with van der Waals surface area (Å²) >= 11 is 0. The predicted molar refractivity (Wildman–Crippen MR) is 225 cm³/mol. The van der Waals surface area contributed by atoms with Crippen LogP contribution in [0.5, 0.6) is 0 Å². The standard InChI is InChI=1S/C45H56N4O8S/c1-30(2)22-39(40(50)23-32(5)42(51)48-41(31(3)4)44(53)46-27-33-16-10-7-11-17-33)47-43(52)36-24-37(45(54)57-28-34-18-12-8-13-19-34)26-38(25-36)49(6)58(55,56)29-35-20-14-9-15-21-35/h7-21,24-26,30-32,39-41,50H,22-23,27-29H2,1-6H3,(H,46,53)(H,47,52)(H,48,51)/t32-,39+,40+,41+/m1/s1. The van der Waals surface area contributed by atoms with Crippen LogP contribution in [0.15, 0.2) is 109 Å². The number of carbonyl (C=O) groups excluding carboxylic acids is 4. The van der Waals surface area contributed by atoms with Gasteiger partial charge < -0.3 is 25.8 Å². The first-order chi connectivity index (χ1) is 27.5. The zero-order chi connectivity index (χ0) is 42.4. The SMILES string of the molecule is CC(C)C[C@H](NC(=O)c1cc(C(=O)OCc2ccccc2)cc(N(C)S(=O)(=O)Cc2ccccc2)c1)[C@@H](O)C[C@@H](C)C(=O)N[C@H](C(=O)NCc1ccccc1)C(C)C. The Morgan fingerprint density at radius 2 is 1.26 bits per heavy atom. The normalized spacial score (nSPS) is 13.5. The van der Waals surface area contributed by atoms with Crippen LogP contribution >= 0.6 is 0 Å². The number of nitrogens with zero attached hydrogens (tertiary/aromatic N) is 1. The second-order valence-electron chi connectivity index (χ2n) is 15.4. The van der Waals surface area contributed by atoms with Crippen molar-refractivity contribution in [2.45, 2.75) is 84.6 Å². The molecule has 0 aliphatic rings. The van der Waals surface area contributed by atoms with E-state index in [1.807, 2.05) is 76.2 Å². The van der Waals surface area contributed by atoms with Crippen LogP contribution in [0.25, 0.3) is 0 Å². The van der Waals surface area contributed by atoms with Gasteiger partial charge in [-0.05, 0) is 59.6 Å². The minimum Gasteiger partial charge on any atom is -0.457 e. The van der Waals surface area contributed by atoms with Crippen molar-refractivity contribution in [3.8, 4) is 0 Å². The molecule has 4 rings (SSSR count). The van der Waals surface area contributed by atoms with Crippen molar-refractivity contribution in [2.75, 3.05) is 11.4 Å². The Balaban J connectivity index is 1.52. The molecule has 0 bridgehead atoms. The summed E-state index contributed by atoms with van der Waals surface area (Å²) in [6.45, 7) is 9.44. The van der Waals surface area contributed by atoms with Crippen molar-refractivity contribution in [2.24, 2.45) is 17.8 Å². The second-order valence-corrected chi connectivity index (χ2v) is 17.4. The topological polar surface area (TPSA) is 171 Å². The Bertz CT molecular complexity index is 2080. The van der Waals surface area contributed by atoms with Gasteiger partial charge in [-0.15, -0.1) is 0 Å². The number of rotatable bonds is 20. The number of anilines is 1. The number of aliphatic hydroxyl groups excluding tert-OH is 1. The Morgan fingerprint density at radius 3 is 1.83 bits per heavy atom. The van der Waals surface area contributed by atoms with Crippen LogP contribution in [-0.4, -0.2) is 62.5 Å². The van der Waals surface area contributed by atoms with Gasteiger partial charge in [-0.25, -0.2) is 13.2 Å². The molecule has 0 aromatic heterocycles. The van der Waals surface area contributed by atoms with Gasteiger partial charge in [-0.2, -0.15) is 0 Å². The molecule has 4 N–H and O–H groups in total. The van der Waals surface area contributed by atoms with E-state index in [9.17, 15) is 32.7 Å². The molecule has 0 heterocycles. The average Bonchev–Trinajstić information content (AvgIpc) is 3.20. The monoisotopic (exact) mass is 812 g/mol. The Hall–Kier alpha value is -5.53. The van der Waals surface area contributed by atoms with Crippen molar-refractivity contribution >= 4 is 39.4 Å². The number of aliphatic hydroxyl groups is 1. The molecule has 4 aromatic rings. The summed E-state index contributed by atoms with van der Waals surface area (Å²) in [5.41, 5.74) is 2.22. The molecule has 0 saturated heterocycles. The third kappa shape index (κ3) is 13.6. The fraction of sp³-hybridized carbons (Fsp3) is 0.378. The lowest BCUT2D eigenvalue weighted by atomic mass is 9.91. The van der Waals surface area contributed by atoms with Crippen molar-refractivity contribution < 1.29 is 37.4 Å². The molecular weight excluding hydrogens is 757 g/mol. The molecule has 4 atom stereocenters. The van der Waals surface area contributed by atoms with Crippen LogP contribution in [-0.2, 0) is 43.3 Å². The maximum Gasteiger partial charge on any atom is 0.338 e. The number of sulfonamides is 1. The predicted octanol–water partition coefficient (Wildman–Crippen LogP) is 6.00. The van der Waals surface area contributed by atoms with Crippen molar-refractivity contribution in [3.05, 3.63) is 137 Å². The summed E-state index contributed by atoms with van der Waals surface area (Å²) in [6.07, 6.45) is -0.865. The van der Waals surface area contributed by atoms with Gasteiger partial charge >= 0.3 is 5.97 Å². The van der Waals surface area contributed by atoms with Gasteiger partial charge in [0.25, 0.3) is 5.91 Å². The number of esters is 1. The maximum absolute atomic E-state index is 14.0. The smallest absolute Gasteiger partial charge is 0.338 e. The van der Waals surface area contributed by atoms with Gasteiger partial charge in [-0.1, -0.05) is 126 Å². The molecule has 12 nitrogen and oxygen atoms in total. The molecule has 13 heteroatoms. The van der Waals surface area contributed by atoms with E-state index in [-0.39, 0.29) is 53.3 Å². The van der Waals surface area contributed by atoms with E-state index in [4.69, 9.17) is 4.74 Å². The summed E-state index contributed by atoms with van der Waals surface area (Å²) < 4.78 is 33.7. The molecule has 3 amide bonds. The lowest BCUT2D eigenvalue weighted by Gasteiger charge is -2.29. The van der Waals surface area contributed by atoms with Gasteiger partial charge in [0.05, 0.1) is 29.1 Å². The highest BCUT2D eigenvalue weighted by Gasteiger charge is 2.31. The molecule has 0 saturated carbocycles. The number of carbonyl (C=O) groups is 4. The van der Waals surface area contributed by atoms with Gasteiger partial charge in [0.2, 0.25) is 21.8 Å². The first-order valence-electron chi connectivity index (χ1n) is 19.5. The highest BCUT2D eigenvalue weighted by Crippen LogP contribution is 2.25. The molecule has 0 unspecified atom stereocenters.